The van der Waals surface area contributed by atoms with Crippen LogP contribution >= 0.6 is 11.6 Å². The number of pyridine rings is 1. The highest BCUT2D eigenvalue weighted by atomic mass is 35.5. The van der Waals surface area contributed by atoms with Crippen molar-refractivity contribution < 1.29 is 9.53 Å². The van der Waals surface area contributed by atoms with Crippen molar-refractivity contribution in [3.8, 4) is 5.75 Å². The van der Waals surface area contributed by atoms with Gasteiger partial charge in [-0.15, -0.1) is 0 Å². The van der Waals surface area contributed by atoms with E-state index in [1.54, 1.807) is 30.3 Å². The van der Waals surface area contributed by atoms with Crippen LogP contribution in [-0.4, -0.2) is 20.0 Å². The lowest BCUT2D eigenvalue weighted by atomic mass is 10.2. The topological polar surface area (TPSA) is 95.2 Å². The normalized spacial score (nSPS) is 10.8. The summed E-state index contributed by atoms with van der Waals surface area (Å²) < 4.78 is 7.97. The van der Waals surface area contributed by atoms with Crippen molar-refractivity contribution in [2.24, 2.45) is 14.1 Å². The Balaban J connectivity index is 1.49. The van der Waals surface area contributed by atoms with Crippen LogP contribution in [0.25, 0.3) is 11.0 Å². The molecule has 162 valence electrons. The molecule has 1 N–H and O–H groups in total. The summed E-state index contributed by atoms with van der Waals surface area (Å²) in [5.74, 6) is 0.155. The number of halogens is 1. The lowest BCUT2D eigenvalue weighted by Crippen LogP contribution is -2.37. The lowest BCUT2D eigenvalue weighted by molar-refractivity contribution is 0.102. The zero-order chi connectivity index (χ0) is 22.8. The van der Waals surface area contributed by atoms with Gasteiger partial charge in [-0.05, 0) is 42.5 Å². The molecule has 0 aliphatic carbocycles. The van der Waals surface area contributed by atoms with Gasteiger partial charge in [0.15, 0.2) is 0 Å². The maximum absolute atomic E-state index is 12.6. The molecule has 0 spiro atoms. The van der Waals surface area contributed by atoms with Gasteiger partial charge in [-0.3, -0.25) is 18.7 Å². The van der Waals surface area contributed by atoms with Crippen molar-refractivity contribution in [1.29, 1.82) is 0 Å². The van der Waals surface area contributed by atoms with Crippen molar-refractivity contribution in [2.45, 2.75) is 6.61 Å². The number of hydrogen-bond acceptors (Lipinski definition) is 5. The Morgan fingerprint density at radius 3 is 2.44 bits per heavy atom. The van der Waals surface area contributed by atoms with E-state index in [9.17, 15) is 14.4 Å². The fourth-order valence-electron chi connectivity index (χ4n) is 3.19. The molecule has 0 aliphatic rings. The van der Waals surface area contributed by atoms with E-state index < -0.39 is 17.2 Å². The first kappa shape index (κ1) is 21.3. The van der Waals surface area contributed by atoms with Gasteiger partial charge in [0.2, 0.25) is 0 Å². The second-order valence-corrected chi connectivity index (χ2v) is 7.54. The average Bonchev–Trinajstić information content (AvgIpc) is 2.81. The number of aromatic nitrogens is 3. The monoisotopic (exact) mass is 450 g/mol. The van der Waals surface area contributed by atoms with E-state index in [2.05, 4.69) is 10.3 Å². The number of hydrogen-bond donors (Lipinski definition) is 1. The smallest absolute Gasteiger partial charge is 0.332 e. The summed E-state index contributed by atoms with van der Waals surface area (Å²) in [7, 11) is 2.90. The van der Waals surface area contributed by atoms with Crippen LogP contribution in [0, 0.1) is 0 Å². The van der Waals surface area contributed by atoms with E-state index in [1.807, 2.05) is 18.2 Å². The molecule has 0 aliphatic heterocycles. The Morgan fingerprint density at radius 2 is 1.72 bits per heavy atom. The molecule has 0 fully saturated rings. The van der Waals surface area contributed by atoms with E-state index in [4.69, 9.17) is 16.3 Å². The van der Waals surface area contributed by atoms with Gasteiger partial charge in [0.25, 0.3) is 11.5 Å². The van der Waals surface area contributed by atoms with Gasteiger partial charge >= 0.3 is 5.69 Å². The zero-order valence-electron chi connectivity index (χ0n) is 17.3. The molecule has 4 aromatic rings. The Labute approximate surface area is 187 Å². The summed E-state index contributed by atoms with van der Waals surface area (Å²) in [5, 5.41) is 3.63. The molecule has 0 saturated carbocycles. The highest BCUT2D eigenvalue weighted by Crippen LogP contribution is 2.20. The summed E-state index contributed by atoms with van der Waals surface area (Å²) in [5.41, 5.74) is 0.668. The molecule has 1 amide bonds. The summed E-state index contributed by atoms with van der Waals surface area (Å²) in [6.45, 7) is 0.324. The Kier molecular flexibility index (Phi) is 5.79. The predicted molar refractivity (Wildman–Crippen MR) is 122 cm³/mol. The van der Waals surface area contributed by atoms with Gasteiger partial charge in [-0.2, -0.15) is 0 Å². The molecule has 32 heavy (non-hydrogen) atoms. The number of nitrogens with zero attached hydrogens (tertiary/aromatic N) is 3. The molecular formula is C23H19ClN4O4. The molecule has 2 heterocycles. The standard InChI is InChI=1S/C23H19ClN4O4/c1-27-20-17(22(30)28(2)23(27)31)11-12-19(26-20)21(29)25-15-7-9-16(10-8-15)32-13-14-5-3-4-6-18(14)24/h3-12H,13H2,1-2H3,(H,25,29). The van der Waals surface area contributed by atoms with Gasteiger partial charge in [-0.1, -0.05) is 29.8 Å². The van der Waals surface area contributed by atoms with E-state index in [0.717, 1.165) is 10.1 Å². The van der Waals surface area contributed by atoms with Crippen LogP contribution in [0.2, 0.25) is 5.02 Å². The molecule has 2 aromatic heterocycles. The summed E-state index contributed by atoms with van der Waals surface area (Å²) in [6.07, 6.45) is 0. The predicted octanol–water partition coefficient (Wildman–Crippen LogP) is 3.12. The Morgan fingerprint density at radius 1 is 1.00 bits per heavy atom. The van der Waals surface area contributed by atoms with Crippen molar-refractivity contribution >= 4 is 34.2 Å². The fraction of sp³-hybridized carbons (Fsp3) is 0.130. The second-order valence-electron chi connectivity index (χ2n) is 7.13. The van der Waals surface area contributed by atoms with E-state index >= 15 is 0 Å². The molecular weight excluding hydrogens is 432 g/mol. The van der Waals surface area contributed by atoms with Crippen molar-refractivity contribution in [3.05, 3.63) is 97.8 Å². The minimum absolute atomic E-state index is 0.0831. The van der Waals surface area contributed by atoms with Crippen molar-refractivity contribution in [2.75, 3.05) is 5.32 Å². The van der Waals surface area contributed by atoms with E-state index in [1.165, 1.54) is 30.8 Å². The molecule has 4 rings (SSSR count). The van der Waals surface area contributed by atoms with Gasteiger partial charge in [0.1, 0.15) is 23.7 Å². The van der Waals surface area contributed by atoms with Gasteiger partial charge < -0.3 is 10.1 Å². The van der Waals surface area contributed by atoms with Crippen LogP contribution < -0.4 is 21.3 Å². The highest BCUT2D eigenvalue weighted by molar-refractivity contribution is 6.31. The summed E-state index contributed by atoms with van der Waals surface area (Å²) in [4.78, 5) is 41.3. The van der Waals surface area contributed by atoms with Gasteiger partial charge in [0.05, 0.1) is 5.39 Å². The number of amides is 1. The summed E-state index contributed by atoms with van der Waals surface area (Å²) in [6, 6.07) is 17.2. The molecule has 0 saturated heterocycles. The van der Waals surface area contributed by atoms with Crippen LogP contribution in [0.1, 0.15) is 16.1 Å². The summed E-state index contributed by atoms with van der Waals surface area (Å²) >= 11 is 6.13. The second kappa shape index (κ2) is 8.68. The molecule has 0 radical (unpaired) electrons. The third-order valence-electron chi connectivity index (χ3n) is 5.00. The quantitative estimate of drug-likeness (QED) is 0.504. The van der Waals surface area contributed by atoms with Crippen molar-refractivity contribution in [3.63, 3.8) is 0 Å². The Hall–Kier alpha value is -3.91. The number of carbonyl (C=O) groups excluding carboxylic acids is 1. The van der Waals surface area contributed by atoms with Crippen LogP contribution in [0.3, 0.4) is 0 Å². The molecule has 0 bridgehead atoms. The van der Waals surface area contributed by atoms with Gasteiger partial charge in [0, 0.05) is 30.4 Å². The number of rotatable bonds is 5. The number of anilines is 1. The van der Waals surface area contributed by atoms with Crippen LogP contribution in [0.15, 0.2) is 70.3 Å². The van der Waals surface area contributed by atoms with E-state index in [0.29, 0.717) is 23.1 Å². The van der Waals surface area contributed by atoms with Crippen molar-refractivity contribution in [1.82, 2.24) is 14.1 Å². The van der Waals surface area contributed by atoms with E-state index in [-0.39, 0.29) is 16.7 Å². The highest BCUT2D eigenvalue weighted by Gasteiger charge is 2.14. The number of fused-ring (bicyclic) bond motifs is 1. The lowest BCUT2D eigenvalue weighted by Gasteiger charge is -2.10. The average molecular weight is 451 g/mol. The number of aryl methyl sites for hydroxylation is 1. The maximum atomic E-state index is 12.6. The van der Waals surface area contributed by atoms with Crippen LogP contribution in [-0.2, 0) is 20.7 Å². The maximum Gasteiger partial charge on any atom is 0.332 e. The molecule has 8 nitrogen and oxygen atoms in total. The SMILES string of the molecule is Cn1c(=O)c2ccc(C(=O)Nc3ccc(OCc4ccccc4Cl)cc3)nc2n(C)c1=O. The third kappa shape index (κ3) is 4.13. The molecule has 9 heteroatoms. The molecule has 0 unspecified atom stereocenters. The number of nitrogens with one attached hydrogen (secondary N) is 1. The number of carbonyl (C=O) groups is 1. The Bertz CT molecular complexity index is 1440. The molecule has 2 aromatic carbocycles. The minimum Gasteiger partial charge on any atom is -0.489 e. The minimum atomic E-state index is -0.514. The fourth-order valence-corrected chi connectivity index (χ4v) is 3.38. The number of ether oxygens (including phenoxy) is 1. The largest absolute Gasteiger partial charge is 0.489 e. The zero-order valence-corrected chi connectivity index (χ0v) is 18.1. The first-order chi connectivity index (χ1) is 15.3. The number of benzene rings is 2. The first-order valence-corrected chi connectivity index (χ1v) is 10.1. The third-order valence-corrected chi connectivity index (χ3v) is 5.37. The first-order valence-electron chi connectivity index (χ1n) is 9.69. The molecule has 0 atom stereocenters. The van der Waals surface area contributed by atoms with Crippen LogP contribution in [0.5, 0.6) is 5.75 Å². The van der Waals surface area contributed by atoms with Gasteiger partial charge in [-0.25, -0.2) is 9.78 Å². The van der Waals surface area contributed by atoms with Crippen LogP contribution in [0.4, 0.5) is 5.69 Å².